The van der Waals surface area contributed by atoms with Gasteiger partial charge in [-0.1, -0.05) is 48.5 Å². The Kier molecular flexibility index (Phi) is 4.74. The number of alkyl halides is 3. The van der Waals surface area contributed by atoms with Gasteiger partial charge in [0.2, 0.25) is 0 Å². The van der Waals surface area contributed by atoms with Gasteiger partial charge in [-0.25, -0.2) is 4.39 Å². The summed E-state index contributed by atoms with van der Waals surface area (Å²) >= 11 is 0. The summed E-state index contributed by atoms with van der Waals surface area (Å²) in [4.78, 5) is 0. The molecular formula is C20H14F4O. The highest BCUT2D eigenvalue weighted by atomic mass is 19.4. The maximum Gasteiger partial charge on any atom is 0.419 e. The maximum atomic E-state index is 13.2. The second-order valence-corrected chi connectivity index (χ2v) is 5.49. The van der Waals surface area contributed by atoms with Gasteiger partial charge in [0.15, 0.2) is 0 Å². The van der Waals surface area contributed by atoms with Crippen molar-refractivity contribution in [3.8, 4) is 16.9 Å². The van der Waals surface area contributed by atoms with Gasteiger partial charge >= 0.3 is 6.18 Å². The van der Waals surface area contributed by atoms with Crippen LogP contribution in [0.4, 0.5) is 17.6 Å². The first-order valence-electron chi connectivity index (χ1n) is 7.57. The van der Waals surface area contributed by atoms with Gasteiger partial charge in [-0.3, -0.25) is 0 Å². The first kappa shape index (κ1) is 17.0. The van der Waals surface area contributed by atoms with Crippen LogP contribution in [-0.2, 0) is 12.8 Å². The van der Waals surface area contributed by atoms with E-state index >= 15 is 0 Å². The number of rotatable bonds is 4. The largest absolute Gasteiger partial charge is 0.488 e. The summed E-state index contributed by atoms with van der Waals surface area (Å²) in [6, 6.07) is 18.3. The molecule has 25 heavy (non-hydrogen) atoms. The summed E-state index contributed by atoms with van der Waals surface area (Å²) in [6.07, 6.45) is -4.52. The standard InChI is InChI=1S/C20H14F4O/c21-17-9-6-14(7-10-17)13-25-19-12-16(15-4-2-1-3-5-15)8-11-18(19)20(22,23)24/h1-12H,13H2. The number of hydrogen-bond acceptors (Lipinski definition) is 1. The molecule has 0 aliphatic rings. The van der Waals surface area contributed by atoms with Crippen molar-refractivity contribution in [3.63, 3.8) is 0 Å². The van der Waals surface area contributed by atoms with E-state index in [4.69, 9.17) is 4.74 Å². The summed E-state index contributed by atoms with van der Waals surface area (Å²) in [5.74, 6) is -0.663. The van der Waals surface area contributed by atoms with Crippen LogP contribution in [0.5, 0.6) is 5.75 Å². The zero-order valence-electron chi connectivity index (χ0n) is 13.1. The van der Waals surface area contributed by atoms with Gasteiger partial charge < -0.3 is 4.74 Å². The Balaban J connectivity index is 1.92. The van der Waals surface area contributed by atoms with Crippen LogP contribution < -0.4 is 4.74 Å². The van der Waals surface area contributed by atoms with Crippen molar-refractivity contribution >= 4 is 0 Å². The Morgan fingerprint density at radius 1 is 0.760 bits per heavy atom. The number of benzene rings is 3. The fourth-order valence-corrected chi connectivity index (χ4v) is 2.43. The zero-order chi connectivity index (χ0) is 17.9. The van der Waals surface area contributed by atoms with Gasteiger partial charge in [0.1, 0.15) is 18.2 Å². The van der Waals surface area contributed by atoms with Crippen LogP contribution in [0.1, 0.15) is 11.1 Å². The van der Waals surface area contributed by atoms with Crippen molar-refractivity contribution < 1.29 is 22.3 Å². The fraction of sp³-hybridized carbons (Fsp3) is 0.100. The Hall–Kier alpha value is -2.82. The normalized spacial score (nSPS) is 11.4. The Bertz CT molecular complexity index is 840. The molecule has 0 aliphatic carbocycles. The lowest BCUT2D eigenvalue weighted by molar-refractivity contribution is -0.139. The van der Waals surface area contributed by atoms with E-state index in [1.165, 1.54) is 36.4 Å². The van der Waals surface area contributed by atoms with E-state index in [0.29, 0.717) is 11.1 Å². The maximum absolute atomic E-state index is 13.2. The number of halogens is 4. The van der Waals surface area contributed by atoms with Gasteiger partial charge in [-0.15, -0.1) is 0 Å². The van der Waals surface area contributed by atoms with Gasteiger partial charge in [0, 0.05) is 0 Å². The lowest BCUT2D eigenvalue weighted by Gasteiger charge is -2.15. The SMILES string of the molecule is Fc1ccc(COc2cc(-c3ccccc3)ccc2C(F)(F)F)cc1. The second-order valence-electron chi connectivity index (χ2n) is 5.49. The molecule has 0 saturated carbocycles. The summed E-state index contributed by atoms with van der Waals surface area (Å²) in [6.45, 7) is -0.0817. The Labute approximate surface area is 142 Å². The molecule has 0 aliphatic heterocycles. The third-order valence-corrected chi connectivity index (χ3v) is 3.70. The van der Waals surface area contributed by atoms with E-state index in [1.807, 2.05) is 30.3 Å². The molecule has 3 rings (SSSR count). The average molecular weight is 346 g/mol. The molecule has 0 saturated heterocycles. The third kappa shape index (κ3) is 4.18. The molecule has 0 radical (unpaired) electrons. The van der Waals surface area contributed by atoms with Crippen molar-refractivity contribution in [2.45, 2.75) is 12.8 Å². The predicted molar refractivity (Wildman–Crippen MR) is 87.6 cm³/mol. The molecule has 0 N–H and O–H groups in total. The molecule has 0 heterocycles. The fourth-order valence-electron chi connectivity index (χ4n) is 2.43. The lowest BCUT2D eigenvalue weighted by Crippen LogP contribution is -2.09. The molecule has 5 heteroatoms. The molecule has 0 spiro atoms. The summed E-state index contributed by atoms with van der Waals surface area (Å²) in [5, 5.41) is 0. The molecule has 0 atom stereocenters. The third-order valence-electron chi connectivity index (χ3n) is 3.70. The van der Waals surface area contributed by atoms with Crippen molar-refractivity contribution in [1.29, 1.82) is 0 Å². The zero-order valence-corrected chi connectivity index (χ0v) is 13.1. The van der Waals surface area contributed by atoms with Crippen LogP contribution in [0.2, 0.25) is 0 Å². The highest BCUT2D eigenvalue weighted by molar-refractivity contribution is 5.66. The summed E-state index contributed by atoms with van der Waals surface area (Å²) in [5.41, 5.74) is 1.17. The van der Waals surface area contributed by atoms with Crippen LogP contribution in [0.25, 0.3) is 11.1 Å². The van der Waals surface area contributed by atoms with Crippen LogP contribution in [0.3, 0.4) is 0 Å². The molecule has 0 fully saturated rings. The van der Waals surface area contributed by atoms with Gasteiger partial charge in [-0.2, -0.15) is 13.2 Å². The Morgan fingerprint density at radius 3 is 2.08 bits per heavy atom. The van der Waals surface area contributed by atoms with Crippen molar-refractivity contribution in [2.24, 2.45) is 0 Å². The van der Waals surface area contributed by atoms with Gasteiger partial charge in [0.25, 0.3) is 0 Å². The molecule has 1 nitrogen and oxygen atoms in total. The molecule has 3 aromatic carbocycles. The topological polar surface area (TPSA) is 9.23 Å². The minimum Gasteiger partial charge on any atom is -0.488 e. The van der Waals surface area contributed by atoms with Crippen molar-refractivity contribution in [3.05, 3.63) is 89.7 Å². The minimum atomic E-state index is -4.52. The molecule has 128 valence electrons. The smallest absolute Gasteiger partial charge is 0.419 e. The molecular weight excluding hydrogens is 332 g/mol. The monoisotopic (exact) mass is 346 g/mol. The van der Waals surface area contributed by atoms with E-state index in [0.717, 1.165) is 11.6 Å². The predicted octanol–water partition coefficient (Wildman–Crippen LogP) is 6.09. The highest BCUT2D eigenvalue weighted by Gasteiger charge is 2.34. The summed E-state index contributed by atoms with van der Waals surface area (Å²) in [7, 11) is 0. The van der Waals surface area contributed by atoms with Crippen molar-refractivity contribution in [2.75, 3.05) is 0 Å². The van der Waals surface area contributed by atoms with Crippen LogP contribution in [0.15, 0.2) is 72.8 Å². The molecule has 0 amide bonds. The highest BCUT2D eigenvalue weighted by Crippen LogP contribution is 2.38. The molecule has 0 aromatic heterocycles. The molecule has 0 bridgehead atoms. The van der Waals surface area contributed by atoms with Crippen LogP contribution in [0, 0.1) is 5.82 Å². The van der Waals surface area contributed by atoms with Gasteiger partial charge in [0.05, 0.1) is 5.56 Å². The van der Waals surface area contributed by atoms with Crippen LogP contribution >= 0.6 is 0 Å². The summed E-state index contributed by atoms with van der Waals surface area (Å²) < 4.78 is 58.0. The van der Waals surface area contributed by atoms with Crippen LogP contribution in [-0.4, -0.2) is 0 Å². The Morgan fingerprint density at radius 2 is 1.44 bits per heavy atom. The van der Waals surface area contributed by atoms with E-state index in [9.17, 15) is 17.6 Å². The molecule has 0 unspecified atom stereocenters. The minimum absolute atomic E-state index is 0.0817. The second kappa shape index (κ2) is 6.97. The van der Waals surface area contributed by atoms with E-state index in [2.05, 4.69) is 0 Å². The van der Waals surface area contributed by atoms with Crippen molar-refractivity contribution in [1.82, 2.24) is 0 Å². The lowest BCUT2D eigenvalue weighted by atomic mass is 10.0. The number of ether oxygens (including phenoxy) is 1. The first-order chi connectivity index (χ1) is 11.9. The van der Waals surface area contributed by atoms with E-state index in [1.54, 1.807) is 0 Å². The quantitative estimate of drug-likeness (QED) is 0.519. The van der Waals surface area contributed by atoms with E-state index < -0.39 is 17.6 Å². The number of hydrogen-bond donors (Lipinski definition) is 0. The first-order valence-corrected chi connectivity index (χ1v) is 7.57. The molecule has 3 aromatic rings. The average Bonchev–Trinajstić information content (AvgIpc) is 2.61. The van der Waals surface area contributed by atoms with E-state index in [-0.39, 0.29) is 12.4 Å². The van der Waals surface area contributed by atoms with Gasteiger partial charge in [-0.05, 0) is 41.0 Å².